The van der Waals surface area contributed by atoms with E-state index in [2.05, 4.69) is 21.2 Å². The van der Waals surface area contributed by atoms with Crippen molar-refractivity contribution in [2.45, 2.75) is 19.4 Å². The lowest BCUT2D eigenvalue weighted by molar-refractivity contribution is -0.138. The van der Waals surface area contributed by atoms with Crippen molar-refractivity contribution in [1.29, 1.82) is 0 Å². The van der Waals surface area contributed by atoms with Crippen LogP contribution in [0.5, 0.6) is 0 Å². The summed E-state index contributed by atoms with van der Waals surface area (Å²) in [6.07, 6.45) is 0.396. The van der Waals surface area contributed by atoms with Gasteiger partial charge in [0, 0.05) is 5.56 Å². The SMILES string of the molecule is CCC1C(=O)NC(=O)CN1C(=O)c1ccc(F)c(Br)c1. The molecule has 3 amide bonds. The second-order valence-corrected chi connectivity index (χ2v) is 5.25. The molecular formula is C13H12BrFN2O3. The van der Waals surface area contributed by atoms with Gasteiger partial charge in [-0.2, -0.15) is 0 Å². The molecule has 2 rings (SSSR count). The molecule has 0 aliphatic carbocycles. The minimum absolute atomic E-state index is 0.157. The van der Waals surface area contributed by atoms with Gasteiger partial charge in [0.05, 0.1) is 4.47 Å². The van der Waals surface area contributed by atoms with Gasteiger partial charge in [0.25, 0.3) is 5.91 Å². The number of carbonyl (C=O) groups is 3. The van der Waals surface area contributed by atoms with E-state index < -0.39 is 29.6 Å². The van der Waals surface area contributed by atoms with E-state index in [4.69, 9.17) is 0 Å². The van der Waals surface area contributed by atoms with Gasteiger partial charge >= 0.3 is 0 Å². The summed E-state index contributed by atoms with van der Waals surface area (Å²) in [5, 5.41) is 2.20. The van der Waals surface area contributed by atoms with E-state index in [1.807, 2.05) is 0 Å². The van der Waals surface area contributed by atoms with Gasteiger partial charge in [-0.05, 0) is 40.5 Å². The normalized spacial score (nSPS) is 18.9. The van der Waals surface area contributed by atoms with E-state index in [1.165, 1.54) is 17.0 Å². The van der Waals surface area contributed by atoms with Crippen LogP contribution < -0.4 is 5.32 Å². The Labute approximate surface area is 123 Å². The van der Waals surface area contributed by atoms with Crippen LogP contribution in [-0.4, -0.2) is 35.2 Å². The highest BCUT2D eigenvalue weighted by Crippen LogP contribution is 2.20. The van der Waals surface area contributed by atoms with Crippen LogP contribution in [0.2, 0.25) is 0 Å². The molecule has 106 valence electrons. The van der Waals surface area contributed by atoms with Crippen LogP contribution in [-0.2, 0) is 9.59 Å². The maximum Gasteiger partial charge on any atom is 0.255 e. The molecule has 1 N–H and O–H groups in total. The molecule has 0 spiro atoms. The van der Waals surface area contributed by atoms with Crippen molar-refractivity contribution < 1.29 is 18.8 Å². The summed E-state index contributed by atoms with van der Waals surface area (Å²) in [5.41, 5.74) is 0.222. The van der Waals surface area contributed by atoms with Crippen LogP contribution in [0.25, 0.3) is 0 Å². The molecule has 7 heteroatoms. The topological polar surface area (TPSA) is 66.5 Å². The monoisotopic (exact) mass is 342 g/mol. The maximum absolute atomic E-state index is 13.2. The maximum atomic E-state index is 13.2. The standard InChI is InChI=1S/C13H12BrFN2O3/c1-2-10-12(19)16-11(18)6-17(10)13(20)7-3-4-9(15)8(14)5-7/h3-5,10H,2,6H2,1H3,(H,16,18,19). The lowest BCUT2D eigenvalue weighted by Gasteiger charge is -2.33. The molecule has 1 fully saturated rings. The van der Waals surface area contributed by atoms with Crippen LogP contribution in [0.15, 0.2) is 22.7 Å². The van der Waals surface area contributed by atoms with E-state index in [0.29, 0.717) is 6.42 Å². The number of carbonyl (C=O) groups excluding carboxylic acids is 3. The zero-order chi connectivity index (χ0) is 14.9. The van der Waals surface area contributed by atoms with Crippen molar-refractivity contribution >= 4 is 33.7 Å². The molecule has 1 aliphatic heterocycles. The number of amides is 3. The van der Waals surface area contributed by atoms with Crippen LogP contribution >= 0.6 is 15.9 Å². The van der Waals surface area contributed by atoms with E-state index >= 15 is 0 Å². The van der Waals surface area contributed by atoms with E-state index in [1.54, 1.807) is 6.92 Å². The van der Waals surface area contributed by atoms with E-state index in [-0.39, 0.29) is 16.6 Å². The Balaban J connectivity index is 2.32. The van der Waals surface area contributed by atoms with Gasteiger partial charge in [-0.1, -0.05) is 6.92 Å². The zero-order valence-electron chi connectivity index (χ0n) is 10.7. The predicted octanol–water partition coefficient (Wildman–Crippen LogP) is 1.47. The lowest BCUT2D eigenvalue weighted by atomic mass is 10.1. The highest BCUT2D eigenvalue weighted by atomic mass is 79.9. The largest absolute Gasteiger partial charge is 0.317 e. The number of nitrogens with zero attached hydrogens (tertiary/aromatic N) is 1. The zero-order valence-corrected chi connectivity index (χ0v) is 12.2. The number of hydrogen-bond donors (Lipinski definition) is 1. The second-order valence-electron chi connectivity index (χ2n) is 4.40. The minimum Gasteiger partial charge on any atom is -0.317 e. The molecule has 5 nitrogen and oxygen atoms in total. The predicted molar refractivity (Wildman–Crippen MR) is 72.4 cm³/mol. The van der Waals surface area contributed by atoms with E-state index in [0.717, 1.165) is 6.07 Å². The summed E-state index contributed by atoms with van der Waals surface area (Å²) in [5.74, 6) is -1.96. The molecule has 1 unspecified atom stereocenters. The number of imide groups is 1. The summed E-state index contributed by atoms with van der Waals surface area (Å²) >= 11 is 3.00. The first-order valence-corrected chi connectivity index (χ1v) is 6.83. The molecule has 20 heavy (non-hydrogen) atoms. The molecule has 0 radical (unpaired) electrons. The van der Waals surface area contributed by atoms with Gasteiger partial charge in [0.15, 0.2) is 0 Å². The third-order valence-corrected chi connectivity index (χ3v) is 3.68. The van der Waals surface area contributed by atoms with Crippen LogP contribution in [0.4, 0.5) is 4.39 Å². The summed E-state index contributed by atoms with van der Waals surface area (Å²) in [6.45, 7) is 1.57. The van der Waals surface area contributed by atoms with Crippen molar-refractivity contribution in [2.75, 3.05) is 6.54 Å². The number of hydrogen-bond acceptors (Lipinski definition) is 3. The Morgan fingerprint density at radius 1 is 1.50 bits per heavy atom. The Hall–Kier alpha value is -1.76. The average molecular weight is 343 g/mol. The van der Waals surface area contributed by atoms with Crippen molar-refractivity contribution in [3.63, 3.8) is 0 Å². The van der Waals surface area contributed by atoms with E-state index in [9.17, 15) is 18.8 Å². The fourth-order valence-electron chi connectivity index (χ4n) is 2.08. The molecule has 0 saturated carbocycles. The highest BCUT2D eigenvalue weighted by molar-refractivity contribution is 9.10. The lowest BCUT2D eigenvalue weighted by Crippen LogP contribution is -2.59. The van der Waals surface area contributed by atoms with Crippen molar-refractivity contribution in [3.05, 3.63) is 34.1 Å². The highest BCUT2D eigenvalue weighted by Gasteiger charge is 2.35. The number of benzene rings is 1. The van der Waals surface area contributed by atoms with Crippen LogP contribution in [0.1, 0.15) is 23.7 Å². The molecule has 1 aromatic carbocycles. The number of nitrogens with one attached hydrogen (secondary N) is 1. The van der Waals surface area contributed by atoms with Crippen LogP contribution in [0, 0.1) is 5.82 Å². The molecule has 1 atom stereocenters. The van der Waals surface area contributed by atoms with Gasteiger partial charge in [-0.3, -0.25) is 19.7 Å². The van der Waals surface area contributed by atoms with Crippen molar-refractivity contribution in [1.82, 2.24) is 10.2 Å². The van der Waals surface area contributed by atoms with Crippen LogP contribution in [0.3, 0.4) is 0 Å². The van der Waals surface area contributed by atoms with Gasteiger partial charge in [0.2, 0.25) is 11.8 Å². The molecule has 1 aromatic rings. The van der Waals surface area contributed by atoms with Gasteiger partial charge in [-0.25, -0.2) is 4.39 Å². The minimum atomic E-state index is -0.691. The Morgan fingerprint density at radius 3 is 2.80 bits per heavy atom. The molecular weight excluding hydrogens is 331 g/mol. The third-order valence-electron chi connectivity index (χ3n) is 3.07. The second kappa shape index (κ2) is 5.70. The number of rotatable bonds is 2. The first kappa shape index (κ1) is 14.6. The average Bonchev–Trinajstić information content (AvgIpc) is 2.40. The number of piperazine rings is 1. The summed E-state index contributed by atoms with van der Waals surface area (Å²) < 4.78 is 13.3. The van der Waals surface area contributed by atoms with Gasteiger partial charge in [0.1, 0.15) is 18.4 Å². The third kappa shape index (κ3) is 2.72. The molecule has 1 saturated heterocycles. The Morgan fingerprint density at radius 2 is 2.20 bits per heavy atom. The van der Waals surface area contributed by atoms with Gasteiger partial charge < -0.3 is 4.90 Å². The first-order valence-electron chi connectivity index (χ1n) is 6.03. The Bertz CT molecular complexity index is 591. The number of halogens is 2. The molecule has 0 bridgehead atoms. The summed E-state index contributed by atoms with van der Waals surface area (Å²) in [6, 6.07) is 3.13. The molecule has 1 aliphatic rings. The Kier molecular flexibility index (Phi) is 4.17. The fraction of sp³-hybridized carbons (Fsp3) is 0.308. The fourth-order valence-corrected chi connectivity index (χ4v) is 2.46. The summed E-state index contributed by atoms with van der Waals surface area (Å²) in [4.78, 5) is 36.7. The smallest absolute Gasteiger partial charge is 0.255 e. The molecule has 1 heterocycles. The van der Waals surface area contributed by atoms with Crippen molar-refractivity contribution in [3.8, 4) is 0 Å². The van der Waals surface area contributed by atoms with Gasteiger partial charge in [-0.15, -0.1) is 0 Å². The molecule has 0 aromatic heterocycles. The first-order chi connectivity index (χ1) is 9.43. The van der Waals surface area contributed by atoms with Crippen molar-refractivity contribution in [2.24, 2.45) is 0 Å². The summed E-state index contributed by atoms with van der Waals surface area (Å²) in [7, 11) is 0. The quantitative estimate of drug-likeness (QED) is 0.827.